The molecule has 1 aliphatic heterocycles. The van der Waals surface area contributed by atoms with E-state index in [1.54, 1.807) is 6.08 Å². The van der Waals surface area contributed by atoms with Crippen molar-refractivity contribution in [2.24, 2.45) is 0 Å². The molecule has 1 heterocycles. The van der Waals surface area contributed by atoms with Gasteiger partial charge in [0.05, 0.1) is 0 Å². The second-order valence-corrected chi connectivity index (χ2v) is 5.05. The molecular formula is C16H18N2O3. The number of amides is 3. The van der Waals surface area contributed by atoms with E-state index in [-0.39, 0.29) is 12.5 Å². The normalized spacial score (nSPS) is 19.0. The summed E-state index contributed by atoms with van der Waals surface area (Å²) in [7, 11) is 0. The van der Waals surface area contributed by atoms with E-state index >= 15 is 0 Å². The first-order valence-corrected chi connectivity index (χ1v) is 6.90. The highest BCUT2D eigenvalue weighted by atomic mass is 16.2. The molecule has 0 radical (unpaired) electrons. The van der Waals surface area contributed by atoms with E-state index in [1.165, 1.54) is 11.0 Å². The van der Waals surface area contributed by atoms with Gasteiger partial charge in [0, 0.05) is 6.08 Å². The molecule has 0 aliphatic carbocycles. The van der Waals surface area contributed by atoms with Crippen LogP contribution in [0.2, 0.25) is 0 Å². The van der Waals surface area contributed by atoms with Gasteiger partial charge in [-0.25, -0.2) is 0 Å². The third-order valence-corrected chi connectivity index (χ3v) is 3.42. The first kappa shape index (κ1) is 15.0. The van der Waals surface area contributed by atoms with Crippen LogP contribution in [0.1, 0.15) is 24.5 Å². The average Bonchev–Trinajstić information content (AvgIpc) is 2.45. The van der Waals surface area contributed by atoms with Crippen molar-refractivity contribution in [1.82, 2.24) is 10.2 Å². The molecule has 1 aliphatic rings. The maximum Gasteiger partial charge on any atom is 0.249 e. The topological polar surface area (TPSA) is 66.5 Å². The number of imide groups is 1. The fraction of sp³-hybridized carbons (Fsp3) is 0.312. The zero-order valence-corrected chi connectivity index (χ0v) is 12.1. The monoisotopic (exact) mass is 286 g/mol. The molecular weight excluding hydrogens is 268 g/mol. The zero-order valence-electron chi connectivity index (χ0n) is 12.1. The number of carbonyl (C=O) groups is 3. The van der Waals surface area contributed by atoms with Crippen molar-refractivity contribution in [2.45, 2.75) is 26.3 Å². The van der Waals surface area contributed by atoms with Crippen LogP contribution in [-0.4, -0.2) is 35.2 Å². The van der Waals surface area contributed by atoms with Crippen LogP contribution < -0.4 is 5.32 Å². The van der Waals surface area contributed by atoms with Crippen LogP contribution in [0.15, 0.2) is 30.3 Å². The Kier molecular flexibility index (Phi) is 4.52. The van der Waals surface area contributed by atoms with E-state index in [0.717, 1.165) is 11.1 Å². The Labute approximate surface area is 123 Å². The van der Waals surface area contributed by atoms with Gasteiger partial charge in [-0.2, -0.15) is 0 Å². The molecule has 2 rings (SSSR count). The van der Waals surface area contributed by atoms with Gasteiger partial charge in [0.1, 0.15) is 12.6 Å². The molecule has 0 spiro atoms. The highest BCUT2D eigenvalue weighted by Crippen LogP contribution is 2.11. The molecule has 1 fully saturated rings. The minimum absolute atomic E-state index is 0.0820. The van der Waals surface area contributed by atoms with Gasteiger partial charge in [-0.05, 0) is 25.0 Å². The quantitative estimate of drug-likeness (QED) is 0.672. The number of carbonyl (C=O) groups excluding carboxylic acids is 3. The Morgan fingerprint density at radius 3 is 2.62 bits per heavy atom. The largest absolute Gasteiger partial charge is 0.318 e. The summed E-state index contributed by atoms with van der Waals surface area (Å²) in [6.07, 6.45) is 3.56. The molecule has 3 amide bonds. The molecule has 21 heavy (non-hydrogen) atoms. The van der Waals surface area contributed by atoms with Crippen molar-refractivity contribution in [3.05, 3.63) is 41.5 Å². The Balaban J connectivity index is 2.12. The predicted octanol–water partition coefficient (Wildman–Crippen LogP) is 1.27. The van der Waals surface area contributed by atoms with Crippen LogP contribution in [0.4, 0.5) is 0 Å². The molecule has 0 aromatic heterocycles. The van der Waals surface area contributed by atoms with Gasteiger partial charge in [-0.1, -0.05) is 36.8 Å². The van der Waals surface area contributed by atoms with Crippen LogP contribution >= 0.6 is 0 Å². The van der Waals surface area contributed by atoms with Crippen LogP contribution in [0.5, 0.6) is 0 Å². The first-order valence-electron chi connectivity index (χ1n) is 6.90. The average molecular weight is 286 g/mol. The van der Waals surface area contributed by atoms with E-state index in [1.807, 2.05) is 38.1 Å². The molecule has 0 saturated carbocycles. The highest BCUT2D eigenvalue weighted by molar-refractivity contribution is 6.06. The van der Waals surface area contributed by atoms with E-state index < -0.39 is 17.9 Å². The molecule has 1 aromatic rings. The molecule has 1 unspecified atom stereocenters. The fourth-order valence-corrected chi connectivity index (χ4v) is 2.24. The number of piperazine rings is 1. The third-order valence-electron chi connectivity index (χ3n) is 3.42. The molecule has 5 heteroatoms. The van der Waals surface area contributed by atoms with Gasteiger partial charge in [0.2, 0.25) is 17.7 Å². The Morgan fingerprint density at radius 2 is 2.00 bits per heavy atom. The number of benzene rings is 1. The molecule has 0 bridgehead atoms. The number of rotatable bonds is 3. The molecule has 5 nitrogen and oxygen atoms in total. The number of aryl methyl sites for hydroxylation is 1. The van der Waals surface area contributed by atoms with Crippen molar-refractivity contribution >= 4 is 23.8 Å². The lowest BCUT2D eigenvalue weighted by molar-refractivity contribution is -0.147. The van der Waals surface area contributed by atoms with Crippen molar-refractivity contribution in [3.63, 3.8) is 0 Å². The van der Waals surface area contributed by atoms with Gasteiger partial charge in [-0.15, -0.1) is 0 Å². The van der Waals surface area contributed by atoms with E-state index in [9.17, 15) is 14.4 Å². The van der Waals surface area contributed by atoms with Gasteiger partial charge in [-0.3, -0.25) is 19.7 Å². The van der Waals surface area contributed by atoms with E-state index in [0.29, 0.717) is 6.42 Å². The molecule has 1 N–H and O–H groups in total. The molecule has 1 saturated heterocycles. The van der Waals surface area contributed by atoms with Crippen molar-refractivity contribution < 1.29 is 14.4 Å². The Bertz CT molecular complexity index is 590. The van der Waals surface area contributed by atoms with Crippen LogP contribution in [0.3, 0.4) is 0 Å². The SMILES string of the molecule is CCC1C(=O)NC(=O)CN1C(=O)C=Cc1ccc(C)cc1. The maximum atomic E-state index is 12.2. The Morgan fingerprint density at radius 1 is 1.33 bits per heavy atom. The van der Waals surface area contributed by atoms with Gasteiger partial charge in [0.25, 0.3) is 0 Å². The number of hydrogen-bond donors (Lipinski definition) is 1. The van der Waals surface area contributed by atoms with Crippen LogP contribution in [-0.2, 0) is 14.4 Å². The van der Waals surface area contributed by atoms with E-state index in [2.05, 4.69) is 5.32 Å². The minimum atomic E-state index is -0.585. The standard InChI is InChI=1S/C16H18N2O3/c1-3-13-16(21)17-14(19)10-18(13)15(20)9-8-12-6-4-11(2)5-7-12/h4-9,13H,3,10H2,1-2H3,(H,17,19,21). The summed E-state index contributed by atoms with van der Waals surface area (Å²) < 4.78 is 0. The van der Waals surface area contributed by atoms with Gasteiger partial charge >= 0.3 is 0 Å². The summed E-state index contributed by atoms with van der Waals surface area (Å²) in [4.78, 5) is 36.6. The van der Waals surface area contributed by atoms with Crippen molar-refractivity contribution in [2.75, 3.05) is 6.54 Å². The highest BCUT2D eigenvalue weighted by Gasteiger charge is 2.34. The molecule has 1 aromatic carbocycles. The second-order valence-electron chi connectivity index (χ2n) is 5.05. The minimum Gasteiger partial charge on any atom is -0.318 e. The molecule has 1 atom stereocenters. The number of nitrogens with one attached hydrogen (secondary N) is 1. The summed E-state index contributed by atoms with van der Waals surface area (Å²) >= 11 is 0. The number of nitrogens with zero attached hydrogens (tertiary/aromatic N) is 1. The van der Waals surface area contributed by atoms with Crippen molar-refractivity contribution in [3.8, 4) is 0 Å². The van der Waals surface area contributed by atoms with Crippen LogP contribution in [0, 0.1) is 6.92 Å². The lowest BCUT2D eigenvalue weighted by Gasteiger charge is -2.32. The second kappa shape index (κ2) is 6.35. The fourth-order valence-electron chi connectivity index (χ4n) is 2.24. The first-order chi connectivity index (χ1) is 10.0. The smallest absolute Gasteiger partial charge is 0.249 e. The summed E-state index contributed by atoms with van der Waals surface area (Å²) in [6.45, 7) is 3.72. The van der Waals surface area contributed by atoms with Crippen LogP contribution in [0.25, 0.3) is 6.08 Å². The summed E-state index contributed by atoms with van der Waals surface area (Å²) in [5, 5.41) is 2.25. The predicted molar refractivity (Wildman–Crippen MR) is 79.2 cm³/mol. The summed E-state index contributed by atoms with van der Waals surface area (Å²) in [6, 6.07) is 7.14. The van der Waals surface area contributed by atoms with Gasteiger partial charge < -0.3 is 4.90 Å². The maximum absolute atomic E-state index is 12.2. The summed E-state index contributed by atoms with van der Waals surface area (Å²) in [5.74, 6) is -1.18. The third kappa shape index (κ3) is 3.56. The zero-order chi connectivity index (χ0) is 15.4. The van der Waals surface area contributed by atoms with Crippen molar-refractivity contribution in [1.29, 1.82) is 0 Å². The lowest BCUT2D eigenvalue weighted by Crippen LogP contribution is -2.59. The summed E-state index contributed by atoms with van der Waals surface area (Å²) in [5.41, 5.74) is 2.04. The molecule has 110 valence electrons. The lowest BCUT2D eigenvalue weighted by atomic mass is 10.1. The van der Waals surface area contributed by atoms with E-state index in [4.69, 9.17) is 0 Å². The number of hydrogen-bond acceptors (Lipinski definition) is 3. The Hall–Kier alpha value is -2.43. The van der Waals surface area contributed by atoms with Gasteiger partial charge in [0.15, 0.2) is 0 Å².